The zero-order chi connectivity index (χ0) is 22.9. The quantitative estimate of drug-likeness (QED) is 0.516. The lowest BCUT2D eigenvalue weighted by molar-refractivity contribution is -0.118. The van der Waals surface area contributed by atoms with Gasteiger partial charge in [0.1, 0.15) is 5.82 Å². The second-order valence-electron chi connectivity index (χ2n) is 8.63. The van der Waals surface area contributed by atoms with Crippen molar-refractivity contribution in [1.82, 2.24) is 10.2 Å². The molecule has 0 radical (unpaired) electrons. The van der Waals surface area contributed by atoms with Crippen molar-refractivity contribution >= 4 is 23.3 Å². The van der Waals surface area contributed by atoms with E-state index in [1.54, 1.807) is 0 Å². The molecule has 3 rings (SSSR count). The van der Waals surface area contributed by atoms with E-state index in [2.05, 4.69) is 33.0 Å². The van der Waals surface area contributed by atoms with Gasteiger partial charge < -0.3 is 20.9 Å². The third kappa shape index (κ3) is 7.34. The largest absolute Gasteiger partial charge is 0.338 e. The number of urea groups is 1. The van der Waals surface area contributed by atoms with E-state index in [0.29, 0.717) is 18.2 Å². The van der Waals surface area contributed by atoms with Gasteiger partial charge in [-0.3, -0.25) is 4.79 Å². The van der Waals surface area contributed by atoms with Gasteiger partial charge in [-0.2, -0.15) is 0 Å². The molecule has 2 aromatic rings. The lowest BCUT2D eigenvalue weighted by atomic mass is 9.89. The summed E-state index contributed by atoms with van der Waals surface area (Å²) >= 11 is 0. The monoisotopic (exact) mass is 440 g/mol. The second kappa shape index (κ2) is 11.6. The van der Waals surface area contributed by atoms with E-state index >= 15 is 0 Å². The van der Waals surface area contributed by atoms with Crippen LogP contribution in [-0.4, -0.2) is 43.0 Å². The van der Waals surface area contributed by atoms with Crippen molar-refractivity contribution in [2.24, 2.45) is 5.92 Å². The molecule has 3 N–H and O–H groups in total. The number of carbonyl (C=O) groups excluding carboxylic acids is 2. The Bertz CT molecular complexity index is 893. The van der Waals surface area contributed by atoms with Crippen LogP contribution in [0.25, 0.3) is 0 Å². The molecule has 7 heteroatoms. The Kier molecular flexibility index (Phi) is 8.62. The van der Waals surface area contributed by atoms with Crippen LogP contribution in [0.5, 0.6) is 0 Å². The molecule has 1 saturated heterocycles. The maximum absolute atomic E-state index is 12.9. The number of amides is 3. The minimum Gasteiger partial charge on any atom is -0.338 e. The number of likely N-dealkylation sites (tertiary alicyclic amines) is 1. The predicted molar refractivity (Wildman–Crippen MR) is 126 cm³/mol. The van der Waals surface area contributed by atoms with Crippen LogP contribution < -0.4 is 16.0 Å². The molecule has 32 heavy (non-hydrogen) atoms. The van der Waals surface area contributed by atoms with E-state index in [9.17, 15) is 14.0 Å². The number of hydrogen-bond donors (Lipinski definition) is 3. The fourth-order valence-electron chi connectivity index (χ4n) is 3.86. The van der Waals surface area contributed by atoms with Crippen LogP contribution in [0.2, 0.25) is 0 Å². The molecule has 0 aromatic heterocycles. The van der Waals surface area contributed by atoms with Crippen molar-refractivity contribution in [2.45, 2.75) is 39.0 Å². The summed E-state index contributed by atoms with van der Waals surface area (Å²) in [6.07, 6.45) is 3.04. The smallest absolute Gasteiger partial charge is 0.319 e. The Balaban J connectivity index is 1.35. The molecule has 172 valence electrons. The van der Waals surface area contributed by atoms with Gasteiger partial charge in [0.25, 0.3) is 0 Å². The maximum Gasteiger partial charge on any atom is 0.319 e. The zero-order valence-electron chi connectivity index (χ0n) is 18.9. The van der Waals surface area contributed by atoms with E-state index in [0.717, 1.165) is 44.6 Å². The predicted octanol–water partition coefficient (Wildman–Crippen LogP) is 4.81. The average Bonchev–Trinajstić information content (AvgIpc) is 2.79. The van der Waals surface area contributed by atoms with Gasteiger partial charge in [0.2, 0.25) is 5.91 Å². The van der Waals surface area contributed by atoms with Crippen molar-refractivity contribution in [3.8, 4) is 0 Å². The third-order valence-corrected chi connectivity index (χ3v) is 5.78. The number of halogens is 1. The van der Waals surface area contributed by atoms with Gasteiger partial charge in [-0.15, -0.1) is 0 Å². The average molecular weight is 441 g/mol. The molecule has 3 amide bonds. The highest BCUT2D eigenvalue weighted by Gasteiger charge is 2.20. The first kappa shape index (κ1) is 23.7. The first-order valence-corrected chi connectivity index (χ1v) is 11.3. The lowest BCUT2D eigenvalue weighted by Gasteiger charge is -2.32. The Labute approximate surface area is 189 Å². The highest BCUT2D eigenvalue weighted by Crippen LogP contribution is 2.29. The van der Waals surface area contributed by atoms with Gasteiger partial charge in [-0.1, -0.05) is 26.0 Å². The van der Waals surface area contributed by atoms with Crippen molar-refractivity contribution in [2.75, 3.05) is 36.8 Å². The molecule has 1 fully saturated rings. The first-order chi connectivity index (χ1) is 15.4. The van der Waals surface area contributed by atoms with E-state index in [1.807, 2.05) is 26.0 Å². The lowest BCUT2D eigenvalue weighted by Crippen LogP contribution is -2.36. The Morgan fingerprint density at radius 3 is 2.44 bits per heavy atom. The summed E-state index contributed by atoms with van der Waals surface area (Å²) in [6.45, 7) is 7.35. The molecule has 0 spiro atoms. The number of nitrogens with one attached hydrogen (secondary N) is 3. The molecule has 1 heterocycles. The second-order valence-corrected chi connectivity index (χ2v) is 8.63. The molecule has 1 aliphatic rings. The van der Waals surface area contributed by atoms with Gasteiger partial charge in [0.15, 0.2) is 0 Å². The summed E-state index contributed by atoms with van der Waals surface area (Å²) in [4.78, 5) is 26.3. The van der Waals surface area contributed by atoms with Gasteiger partial charge in [0.05, 0.1) is 0 Å². The summed E-state index contributed by atoms with van der Waals surface area (Å²) < 4.78 is 12.9. The molecular weight excluding hydrogens is 407 g/mol. The van der Waals surface area contributed by atoms with Gasteiger partial charge in [-0.05, 0) is 86.8 Å². The van der Waals surface area contributed by atoms with Crippen LogP contribution in [0, 0.1) is 11.7 Å². The van der Waals surface area contributed by atoms with E-state index < -0.39 is 0 Å². The molecule has 0 bridgehead atoms. The number of benzene rings is 2. The summed E-state index contributed by atoms with van der Waals surface area (Å²) in [5.74, 6) is 0.175. The number of rotatable bonds is 8. The van der Waals surface area contributed by atoms with Gasteiger partial charge >= 0.3 is 6.03 Å². The van der Waals surface area contributed by atoms with Gasteiger partial charge in [0, 0.05) is 23.8 Å². The van der Waals surface area contributed by atoms with Crippen LogP contribution >= 0.6 is 0 Å². The van der Waals surface area contributed by atoms with E-state index in [1.165, 1.54) is 29.8 Å². The normalized spacial score (nSPS) is 14.9. The van der Waals surface area contributed by atoms with Crippen molar-refractivity contribution in [1.29, 1.82) is 0 Å². The van der Waals surface area contributed by atoms with Crippen LogP contribution in [0.1, 0.15) is 44.6 Å². The summed E-state index contributed by atoms with van der Waals surface area (Å²) in [6, 6.07) is 13.6. The molecule has 1 aliphatic heterocycles. The minimum absolute atomic E-state index is 0.0367. The van der Waals surface area contributed by atoms with Gasteiger partial charge in [-0.25, -0.2) is 9.18 Å². The number of anilines is 2. The maximum atomic E-state index is 12.9. The molecule has 0 unspecified atom stereocenters. The van der Waals surface area contributed by atoms with Crippen LogP contribution in [0.3, 0.4) is 0 Å². The number of carbonyl (C=O) groups is 2. The van der Waals surface area contributed by atoms with Crippen LogP contribution in [0.15, 0.2) is 48.5 Å². The topological polar surface area (TPSA) is 73.5 Å². The SMILES string of the molecule is CC(C)C(=O)Nc1cccc(C2CCN(CCCNC(=O)Nc3ccc(F)cc3)CC2)c1. The van der Waals surface area contributed by atoms with Crippen molar-refractivity contribution in [3.63, 3.8) is 0 Å². The summed E-state index contributed by atoms with van der Waals surface area (Å²) in [5, 5.41) is 8.53. The van der Waals surface area contributed by atoms with Crippen molar-refractivity contribution in [3.05, 3.63) is 59.9 Å². The summed E-state index contributed by atoms with van der Waals surface area (Å²) in [7, 11) is 0. The molecule has 0 atom stereocenters. The minimum atomic E-state index is -0.328. The first-order valence-electron chi connectivity index (χ1n) is 11.3. The van der Waals surface area contributed by atoms with Crippen LogP contribution in [0.4, 0.5) is 20.6 Å². The fraction of sp³-hybridized carbons (Fsp3) is 0.440. The van der Waals surface area contributed by atoms with Crippen LogP contribution in [-0.2, 0) is 4.79 Å². The molecule has 6 nitrogen and oxygen atoms in total. The summed E-state index contributed by atoms with van der Waals surface area (Å²) in [5.41, 5.74) is 2.72. The molecule has 2 aromatic carbocycles. The third-order valence-electron chi connectivity index (χ3n) is 5.78. The molecule has 0 saturated carbocycles. The standard InChI is InChI=1S/C25H33FN4O2/c1-18(2)24(31)28-23-6-3-5-20(17-23)19-11-15-30(16-12-19)14-4-13-27-25(32)29-22-9-7-21(26)8-10-22/h3,5-10,17-19H,4,11-16H2,1-2H3,(H,28,31)(H2,27,29,32). The van der Waals surface area contributed by atoms with E-state index in [-0.39, 0.29) is 23.7 Å². The number of piperidine rings is 1. The fourth-order valence-corrected chi connectivity index (χ4v) is 3.86. The van der Waals surface area contributed by atoms with E-state index in [4.69, 9.17) is 0 Å². The highest BCUT2D eigenvalue weighted by atomic mass is 19.1. The molecule has 0 aliphatic carbocycles. The zero-order valence-corrected chi connectivity index (χ0v) is 18.9. The Morgan fingerprint density at radius 2 is 1.75 bits per heavy atom. The Hall–Kier alpha value is -2.93. The Morgan fingerprint density at radius 1 is 1.03 bits per heavy atom. The number of hydrogen-bond acceptors (Lipinski definition) is 3. The molecular formula is C25H33FN4O2. The van der Waals surface area contributed by atoms with Crippen molar-refractivity contribution < 1.29 is 14.0 Å². The number of nitrogens with zero attached hydrogens (tertiary/aromatic N) is 1. The highest BCUT2D eigenvalue weighted by molar-refractivity contribution is 5.92.